The van der Waals surface area contributed by atoms with Gasteiger partial charge in [-0.05, 0) is 19.1 Å². The normalized spacial score (nSPS) is 21.4. The van der Waals surface area contributed by atoms with Crippen LogP contribution in [0.5, 0.6) is 0 Å². The molecular weight excluding hydrogens is 178 g/mol. The van der Waals surface area contributed by atoms with Gasteiger partial charge in [0, 0.05) is 0 Å². The van der Waals surface area contributed by atoms with Crippen molar-refractivity contribution in [2.75, 3.05) is 13.2 Å². The van der Waals surface area contributed by atoms with E-state index in [9.17, 15) is 4.79 Å². The molecule has 68 valence electrons. The van der Waals surface area contributed by atoms with Crippen LogP contribution in [0.4, 0.5) is 0 Å². The van der Waals surface area contributed by atoms with E-state index < -0.39 is 0 Å². The third-order valence-corrected chi connectivity index (χ3v) is 1.69. The zero-order valence-electron chi connectivity index (χ0n) is 6.83. The molecule has 1 saturated heterocycles. The highest BCUT2D eigenvalue weighted by molar-refractivity contribution is 7.80. The molecule has 4 nitrogen and oxygen atoms in total. The van der Waals surface area contributed by atoms with Crippen molar-refractivity contribution in [3.8, 4) is 0 Å². The highest BCUT2D eigenvalue weighted by Crippen LogP contribution is 2.05. The van der Waals surface area contributed by atoms with Crippen LogP contribution in [0.3, 0.4) is 0 Å². The zero-order chi connectivity index (χ0) is 8.97. The van der Waals surface area contributed by atoms with Crippen molar-refractivity contribution in [1.29, 1.82) is 0 Å². The number of carbonyl (C=O) groups excluding carboxylic acids is 1. The number of nitrogens with one attached hydrogen (secondary N) is 1. The van der Waals surface area contributed by atoms with E-state index in [1.54, 1.807) is 6.92 Å². The summed E-state index contributed by atoms with van der Waals surface area (Å²) in [6.07, 6.45) is 0.109. The predicted octanol–water partition coefficient (Wildman–Crippen LogP) is 0.213. The molecule has 5 heteroatoms. The molecule has 0 aromatic rings. The van der Waals surface area contributed by atoms with Crippen LogP contribution in [0.25, 0.3) is 0 Å². The molecule has 0 saturated carbocycles. The smallest absolute Gasteiger partial charge is 0.309 e. The molecule has 0 bridgehead atoms. The maximum atomic E-state index is 10.9. The number of rotatable bonds is 3. The minimum Gasteiger partial charge on any atom is -0.466 e. The van der Waals surface area contributed by atoms with E-state index in [4.69, 9.17) is 21.7 Å². The Balaban J connectivity index is 2.23. The van der Waals surface area contributed by atoms with Gasteiger partial charge in [0.2, 0.25) is 0 Å². The lowest BCUT2D eigenvalue weighted by atomic mass is 10.2. The average molecular weight is 189 g/mol. The maximum absolute atomic E-state index is 10.9. The van der Waals surface area contributed by atoms with Crippen LogP contribution in [0.2, 0.25) is 0 Å². The van der Waals surface area contributed by atoms with Crippen molar-refractivity contribution in [1.82, 2.24) is 5.32 Å². The van der Waals surface area contributed by atoms with E-state index in [0.717, 1.165) is 0 Å². The summed E-state index contributed by atoms with van der Waals surface area (Å²) in [4.78, 5) is 10.9. The highest BCUT2D eigenvalue weighted by Gasteiger charge is 2.22. The summed E-state index contributed by atoms with van der Waals surface area (Å²) in [5.41, 5.74) is 0. The Morgan fingerprint density at radius 2 is 2.67 bits per heavy atom. The largest absolute Gasteiger partial charge is 0.466 e. The number of esters is 1. The second-order valence-electron chi connectivity index (χ2n) is 2.42. The molecule has 1 heterocycles. The summed E-state index contributed by atoms with van der Waals surface area (Å²) in [6, 6.07) is 0. The molecule has 0 spiro atoms. The summed E-state index contributed by atoms with van der Waals surface area (Å²) < 4.78 is 9.85. The Bertz CT molecular complexity index is 195. The van der Waals surface area contributed by atoms with E-state index in [-0.39, 0.29) is 18.5 Å². The lowest BCUT2D eigenvalue weighted by molar-refractivity contribution is -0.144. The molecule has 1 rings (SSSR count). The van der Waals surface area contributed by atoms with Gasteiger partial charge in [-0.1, -0.05) is 0 Å². The molecule has 1 aliphatic rings. The molecule has 0 aromatic heterocycles. The van der Waals surface area contributed by atoms with Crippen molar-refractivity contribution in [3.63, 3.8) is 0 Å². The van der Waals surface area contributed by atoms with Crippen molar-refractivity contribution in [2.24, 2.45) is 0 Å². The molecule has 0 aromatic carbocycles. The van der Waals surface area contributed by atoms with Gasteiger partial charge in [0.1, 0.15) is 6.10 Å². The summed E-state index contributed by atoms with van der Waals surface area (Å²) >= 11 is 4.73. The van der Waals surface area contributed by atoms with E-state index >= 15 is 0 Å². The SMILES string of the molecule is CCOC(=O)C[C@@H]1CNC(=S)O1. The number of thiocarbonyl (C=S) groups is 1. The minimum atomic E-state index is -0.242. The first kappa shape index (κ1) is 9.25. The Hall–Kier alpha value is -0.840. The molecule has 12 heavy (non-hydrogen) atoms. The molecule has 1 atom stereocenters. The highest BCUT2D eigenvalue weighted by atomic mass is 32.1. The maximum Gasteiger partial charge on any atom is 0.309 e. The zero-order valence-corrected chi connectivity index (χ0v) is 7.65. The van der Waals surface area contributed by atoms with E-state index in [2.05, 4.69) is 5.32 Å². The average Bonchev–Trinajstić information content (AvgIpc) is 2.36. The van der Waals surface area contributed by atoms with Gasteiger partial charge in [-0.2, -0.15) is 0 Å². The second-order valence-corrected chi connectivity index (χ2v) is 2.79. The first-order valence-electron chi connectivity index (χ1n) is 3.82. The molecule has 1 N–H and O–H groups in total. The third-order valence-electron chi connectivity index (χ3n) is 1.45. The van der Waals surface area contributed by atoms with Crippen LogP contribution in [-0.2, 0) is 14.3 Å². The van der Waals surface area contributed by atoms with E-state index in [0.29, 0.717) is 18.3 Å². The molecule has 1 aliphatic heterocycles. The summed E-state index contributed by atoms with van der Waals surface area (Å²) in [5, 5.41) is 3.18. The van der Waals surface area contributed by atoms with Crippen molar-refractivity contribution in [3.05, 3.63) is 0 Å². The van der Waals surface area contributed by atoms with Crippen molar-refractivity contribution in [2.45, 2.75) is 19.4 Å². The van der Waals surface area contributed by atoms with Gasteiger partial charge in [0.05, 0.1) is 19.6 Å². The Labute approximate surface area is 76.2 Å². The summed E-state index contributed by atoms with van der Waals surface area (Å²) in [6.45, 7) is 2.78. The number of hydrogen-bond acceptors (Lipinski definition) is 4. The second kappa shape index (κ2) is 4.25. The van der Waals surface area contributed by atoms with Crippen LogP contribution in [0, 0.1) is 0 Å². The molecule has 1 fully saturated rings. The topological polar surface area (TPSA) is 47.6 Å². The lowest BCUT2D eigenvalue weighted by Crippen LogP contribution is -2.19. The predicted molar refractivity (Wildman–Crippen MR) is 46.7 cm³/mol. The van der Waals surface area contributed by atoms with Gasteiger partial charge in [0.15, 0.2) is 0 Å². The van der Waals surface area contributed by atoms with E-state index in [1.165, 1.54) is 0 Å². The standard InChI is InChI=1S/C7H11NO3S/c1-2-10-6(9)3-5-4-8-7(12)11-5/h5H,2-4H2,1H3,(H,8,12)/t5-/m1/s1. The minimum absolute atomic E-state index is 0.156. The van der Waals surface area contributed by atoms with Crippen LogP contribution < -0.4 is 5.32 Å². The Morgan fingerprint density at radius 3 is 3.17 bits per heavy atom. The Morgan fingerprint density at radius 1 is 1.92 bits per heavy atom. The van der Waals surface area contributed by atoms with Gasteiger partial charge >= 0.3 is 5.97 Å². The molecule has 0 radical (unpaired) electrons. The Kier molecular flexibility index (Phi) is 3.28. The number of hydrogen-bond donors (Lipinski definition) is 1. The van der Waals surface area contributed by atoms with Crippen LogP contribution >= 0.6 is 12.2 Å². The summed E-state index contributed by atoms with van der Waals surface area (Å²) in [7, 11) is 0. The van der Waals surface area contributed by atoms with Gasteiger partial charge in [-0.15, -0.1) is 0 Å². The quantitative estimate of drug-likeness (QED) is 0.508. The third kappa shape index (κ3) is 2.65. The number of ether oxygens (including phenoxy) is 2. The number of carbonyl (C=O) groups is 1. The van der Waals surface area contributed by atoms with Gasteiger partial charge in [-0.25, -0.2) is 0 Å². The lowest BCUT2D eigenvalue weighted by Gasteiger charge is -2.06. The monoisotopic (exact) mass is 189 g/mol. The van der Waals surface area contributed by atoms with Crippen molar-refractivity contribution < 1.29 is 14.3 Å². The fourth-order valence-electron chi connectivity index (χ4n) is 0.952. The summed E-state index contributed by atoms with van der Waals surface area (Å²) in [5.74, 6) is -0.242. The van der Waals surface area contributed by atoms with Gasteiger partial charge in [0.25, 0.3) is 5.17 Å². The molecule has 0 aliphatic carbocycles. The van der Waals surface area contributed by atoms with Gasteiger partial charge < -0.3 is 14.8 Å². The fraction of sp³-hybridized carbons (Fsp3) is 0.714. The van der Waals surface area contributed by atoms with Crippen LogP contribution in [0.1, 0.15) is 13.3 Å². The first-order chi connectivity index (χ1) is 5.72. The van der Waals surface area contributed by atoms with E-state index in [1.807, 2.05) is 0 Å². The van der Waals surface area contributed by atoms with Crippen molar-refractivity contribution >= 4 is 23.4 Å². The molecule has 0 amide bonds. The van der Waals surface area contributed by atoms with Gasteiger partial charge in [-0.3, -0.25) is 4.79 Å². The molecular formula is C7H11NO3S. The first-order valence-corrected chi connectivity index (χ1v) is 4.23. The molecule has 0 unspecified atom stereocenters. The fourth-order valence-corrected chi connectivity index (χ4v) is 1.17. The van der Waals surface area contributed by atoms with Crippen LogP contribution in [0.15, 0.2) is 0 Å². The van der Waals surface area contributed by atoms with Crippen LogP contribution in [-0.4, -0.2) is 30.4 Å².